The lowest BCUT2D eigenvalue weighted by molar-refractivity contribution is 0.256. The lowest BCUT2D eigenvalue weighted by Crippen LogP contribution is -1.97. The van der Waals surface area contributed by atoms with E-state index in [9.17, 15) is 4.57 Å². The Morgan fingerprint density at radius 2 is 2.23 bits per heavy atom. The van der Waals surface area contributed by atoms with Gasteiger partial charge in [-0.05, 0) is 6.42 Å². The number of rotatable bonds is 7. The first-order chi connectivity index (χ1) is 6.12. The van der Waals surface area contributed by atoms with Gasteiger partial charge < -0.3 is 14.6 Å². The third-order valence-corrected chi connectivity index (χ3v) is 2.65. The molecule has 1 atom stereocenters. The molecule has 0 aliphatic carbocycles. The molecule has 0 aliphatic rings. The lowest BCUT2D eigenvalue weighted by atomic mass is 10.3. The van der Waals surface area contributed by atoms with Crippen LogP contribution in [0, 0.1) is 0 Å². The molecule has 0 aromatic rings. The summed E-state index contributed by atoms with van der Waals surface area (Å²) in [6.07, 6.45) is 3.51. The zero-order valence-corrected chi connectivity index (χ0v) is 8.61. The van der Waals surface area contributed by atoms with Gasteiger partial charge in [0.05, 0.1) is 19.0 Å². The van der Waals surface area contributed by atoms with E-state index >= 15 is 0 Å². The van der Waals surface area contributed by atoms with Crippen LogP contribution in [0.25, 0.3) is 0 Å². The fourth-order valence-electron chi connectivity index (χ4n) is 0.752. The molecule has 0 aromatic heterocycles. The van der Waals surface area contributed by atoms with Crippen molar-refractivity contribution in [2.45, 2.75) is 26.2 Å². The highest BCUT2D eigenvalue weighted by Crippen LogP contribution is 2.40. The van der Waals surface area contributed by atoms with Gasteiger partial charge in [-0.25, -0.2) is 0 Å². The van der Waals surface area contributed by atoms with Crippen LogP contribution in [0.1, 0.15) is 26.2 Å². The molecule has 0 fully saturated rings. The van der Waals surface area contributed by atoms with E-state index in [-0.39, 0.29) is 12.8 Å². The molecule has 0 rings (SSSR count). The van der Waals surface area contributed by atoms with Gasteiger partial charge in [-0.2, -0.15) is 0 Å². The van der Waals surface area contributed by atoms with Crippen molar-refractivity contribution in [1.82, 2.24) is 0 Å². The van der Waals surface area contributed by atoms with E-state index in [1.54, 1.807) is 0 Å². The topological polar surface area (TPSA) is 79.1 Å². The second-order valence-electron chi connectivity index (χ2n) is 2.66. The zero-order valence-electron chi connectivity index (χ0n) is 7.72. The van der Waals surface area contributed by atoms with E-state index in [2.05, 4.69) is 5.16 Å². The summed E-state index contributed by atoms with van der Waals surface area (Å²) in [6, 6.07) is 0. The molecule has 0 saturated carbocycles. The van der Waals surface area contributed by atoms with Crippen LogP contribution in [-0.4, -0.2) is 29.1 Å². The Morgan fingerprint density at radius 1 is 1.54 bits per heavy atom. The molecule has 0 aliphatic heterocycles. The molecule has 0 heterocycles. The number of hydrogen-bond acceptors (Lipinski definition) is 4. The standard InChI is InChI=1S/C7H16NO4P/c1-2-3-4-6-12-13(10,11)7-5-8-9/h5,9H,2-4,6-7H2,1H3,(H,10,11). The largest absolute Gasteiger partial charge is 0.411 e. The van der Waals surface area contributed by atoms with Crippen molar-refractivity contribution in [3.05, 3.63) is 0 Å². The summed E-state index contributed by atoms with van der Waals surface area (Å²) >= 11 is 0. The number of oxime groups is 1. The minimum atomic E-state index is -3.56. The maximum Gasteiger partial charge on any atom is 0.333 e. The first-order valence-electron chi connectivity index (χ1n) is 4.24. The molecule has 0 spiro atoms. The molecule has 0 aromatic carbocycles. The van der Waals surface area contributed by atoms with Gasteiger partial charge in [0.2, 0.25) is 0 Å². The van der Waals surface area contributed by atoms with E-state index in [1.807, 2.05) is 6.92 Å². The quantitative estimate of drug-likeness (QED) is 0.220. The Bertz CT molecular complexity index is 195. The number of nitrogens with zero attached hydrogens (tertiary/aromatic N) is 1. The second kappa shape index (κ2) is 7.06. The Balaban J connectivity index is 3.57. The molecular formula is C7H16NO4P. The van der Waals surface area contributed by atoms with Crippen LogP contribution >= 0.6 is 7.60 Å². The highest BCUT2D eigenvalue weighted by atomic mass is 31.2. The highest BCUT2D eigenvalue weighted by molar-refractivity contribution is 7.53. The molecule has 78 valence electrons. The summed E-state index contributed by atoms with van der Waals surface area (Å²) in [6.45, 7) is 2.32. The van der Waals surface area contributed by atoms with E-state index in [4.69, 9.17) is 14.6 Å². The SMILES string of the molecule is CCCCCOP(=O)(O)CC=NO. The minimum absolute atomic E-state index is 0.240. The first-order valence-corrected chi connectivity index (χ1v) is 6.01. The molecule has 0 amide bonds. The van der Waals surface area contributed by atoms with Gasteiger partial charge in [0, 0.05) is 0 Å². The number of hydrogen-bond donors (Lipinski definition) is 2. The number of unbranched alkanes of at least 4 members (excludes halogenated alkanes) is 2. The first kappa shape index (κ1) is 12.6. The summed E-state index contributed by atoms with van der Waals surface area (Å²) in [7, 11) is -3.56. The molecule has 13 heavy (non-hydrogen) atoms. The highest BCUT2D eigenvalue weighted by Gasteiger charge is 2.16. The summed E-state index contributed by atoms with van der Waals surface area (Å²) in [5, 5.41) is 10.6. The van der Waals surface area contributed by atoms with Gasteiger partial charge in [-0.1, -0.05) is 19.8 Å². The fourth-order valence-corrected chi connectivity index (χ4v) is 1.55. The van der Waals surface area contributed by atoms with Crippen molar-refractivity contribution >= 4 is 13.8 Å². The van der Waals surface area contributed by atoms with Crippen molar-refractivity contribution in [2.75, 3.05) is 12.8 Å². The van der Waals surface area contributed by atoms with Crippen LogP contribution in [-0.2, 0) is 9.09 Å². The average molecular weight is 209 g/mol. The van der Waals surface area contributed by atoms with Crippen molar-refractivity contribution < 1.29 is 19.2 Å². The third-order valence-electron chi connectivity index (χ3n) is 1.43. The van der Waals surface area contributed by atoms with Crippen LogP contribution in [0.3, 0.4) is 0 Å². The van der Waals surface area contributed by atoms with Gasteiger partial charge in [0.15, 0.2) is 0 Å². The normalized spacial score (nSPS) is 16.2. The summed E-state index contributed by atoms with van der Waals surface area (Å²) in [5.74, 6) is 0. The third kappa shape index (κ3) is 7.96. The van der Waals surface area contributed by atoms with Crippen molar-refractivity contribution in [2.24, 2.45) is 5.16 Å². The van der Waals surface area contributed by atoms with Crippen molar-refractivity contribution in [3.63, 3.8) is 0 Å². The molecule has 0 saturated heterocycles. The molecule has 0 radical (unpaired) electrons. The maximum absolute atomic E-state index is 11.1. The zero-order chi connectivity index (χ0) is 10.2. The van der Waals surface area contributed by atoms with Crippen LogP contribution in [0.5, 0.6) is 0 Å². The summed E-state index contributed by atoms with van der Waals surface area (Å²) in [4.78, 5) is 9.08. The van der Waals surface area contributed by atoms with E-state index < -0.39 is 7.60 Å². The van der Waals surface area contributed by atoms with E-state index in [0.29, 0.717) is 0 Å². The monoisotopic (exact) mass is 209 g/mol. The van der Waals surface area contributed by atoms with Crippen molar-refractivity contribution in [1.29, 1.82) is 0 Å². The van der Waals surface area contributed by atoms with Crippen LogP contribution < -0.4 is 0 Å². The smallest absolute Gasteiger partial charge is 0.333 e. The molecule has 1 unspecified atom stereocenters. The van der Waals surface area contributed by atoms with Gasteiger partial charge >= 0.3 is 7.60 Å². The minimum Gasteiger partial charge on any atom is -0.411 e. The molecule has 0 bridgehead atoms. The van der Waals surface area contributed by atoms with Gasteiger partial charge in [-0.3, -0.25) is 4.57 Å². The Labute approximate surface area is 77.9 Å². The fraction of sp³-hybridized carbons (Fsp3) is 0.857. The Hall–Kier alpha value is -0.380. The lowest BCUT2D eigenvalue weighted by Gasteiger charge is -2.08. The molecule has 6 heteroatoms. The van der Waals surface area contributed by atoms with Gasteiger partial charge in [0.25, 0.3) is 0 Å². The van der Waals surface area contributed by atoms with Crippen molar-refractivity contribution in [3.8, 4) is 0 Å². The van der Waals surface area contributed by atoms with Gasteiger partial charge in [0.1, 0.15) is 0 Å². The predicted molar refractivity (Wildman–Crippen MR) is 50.4 cm³/mol. The van der Waals surface area contributed by atoms with Crippen LogP contribution in [0.15, 0.2) is 5.16 Å². The molecular weight excluding hydrogens is 193 g/mol. The predicted octanol–water partition coefficient (Wildman–Crippen LogP) is 1.84. The van der Waals surface area contributed by atoms with E-state index in [1.165, 1.54) is 0 Å². The molecule has 2 N–H and O–H groups in total. The van der Waals surface area contributed by atoms with Crippen LogP contribution in [0.4, 0.5) is 0 Å². The molecule has 5 nitrogen and oxygen atoms in total. The van der Waals surface area contributed by atoms with E-state index in [0.717, 1.165) is 25.5 Å². The average Bonchev–Trinajstić information content (AvgIpc) is 2.09. The summed E-state index contributed by atoms with van der Waals surface area (Å²) in [5.41, 5.74) is 0. The Morgan fingerprint density at radius 3 is 2.77 bits per heavy atom. The van der Waals surface area contributed by atoms with Crippen LogP contribution in [0.2, 0.25) is 0 Å². The Kier molecular flexibility index (Phi) is 6.86. The van der Waals surface area contributed by atoms with Gasteiger partial charge in [-0.15, -0.1) is 5.16 Å². The maximum atomic E-state index is 11.1. The summed E-state index contributed by atoms with van der Waals surface area (Å²) < 4.78 is 15.8. The second-order valence-corrected chi connectivity index (χ2v) is 4.56.